The third-order valence-electron chi connectivity index (χ3n) is 3.85. The van der Waals surface area contributed by atoms with Gasteiger partial charge in [0.2, 0.25) is 0 Å². The molecule has 0 saturated carbocycles. The molecule has 7 nitrogen and oxygen atoms in total. The summed E-state index contributed by atoms with van der Waals surface area (Å²) in [6.45, 7) is 14.7. The van der Waals surface area contributed by atoms with Crippen molar-refractivity contribution < 1.29 is 14.0 Å². The number of amides is 1. The highest BCUT2D eigenvalue weighted by Crippen LogP contribution is 2.22. The largest absolute Gasteiger partial charge is 0.450 e. The van der Waals surface area contributed by atoms with Crippen LogP contribution in [0.2, 0.25) is 45.3 Å². The summed E-state index contributed by atoms with van der Waals surface area (Å²) in [6, 6.07) is 0.747. The minimum absolute atomic E-state index is 0.118. The van der Waals surface area contributed by atoms with Gasteiger partial charge in [0, 0.05) is 26.1 Å². The second kappa shape index (κ2) is 8.89. The van der Waals surface area contributed by atoms with Gasteiger partial charge in [-0.05, 0) is 44.1 Å². The number of nitrogens with zero attached hydrogens (tertiary/aromatic N) is 4. The SMILES string of the molecule is C[Si](C)(C)CCOC(=O)N1CC[C@@H](N=[N+]=[N-])[C@H](O[Si](C)(C)C)CC1. The molecule has 1 rings (SSSR count). The minimum atomic E-state index is -1.74. The molecule has 0 aromatic carbocycles. The topological polar surface area (TPSA) is 87.5 Å². The van der Waals surface area contributed by atoms with Crippen LogP contribution in [0.1, 0.15) is 12.8 Å². The van der Waals surface area contributed by atoms with E-state index in [4.69, 9.17) is 14.7 Å². The van der Waals surface area contributed by atoms with Crippen molar-refractivity contribution in [1.29, 1.82) is 0 Å². The van der Waals surface area contributed by atoms with E-state index in [0.29, 0.717) is 32.5 Å². The van der Waals surface area contributed by atoms with Crippen LogP contribution in [-0.4, -0.2) is 59.2 Å². The lowest BCUT2D eigenvalue weighted by atomic mass is 10.1. The highest BCUT2D eigenvalue weighted by Gasteiger charge is 2.32. The molecule has 0 aromatic rings. The van der Waals surface area contributed by atoms with E-state index in [2.05, 4.69) is 49.3 Å². The van der Waals surface area contributed by atoms with E-state index in [9.17, 15) is 4.79 Å². The van der Waals surface area contributed by atoms with E-state index < -0.39 is 16.4 Å². The van der Waals surface area contributed by atoms with Gasteiger partial charge in [-0.25, -0.2) is 4.79 Å². The van der Waals surface area contributed by atoms with Gasteiger partial charge in [-0.2, -0.15) is 0 Å². The molecule has 0 unspecified atom stereocenters. The first kappa shape index (κ1) is 21.0. The van der Waals surface area contributed by atoms with Crippen molar-refractivity contribution >= 4 is 22.5 Å². The zero-order valence-electron chi connectivity index (χ0n) is 15.9. The first-order valence-corrected chi connectivity index (χ1v) is 15.8. The Morgan fingerprint density at radius 3 is 2.38 bits per heavy atom. The molecule has 1 fully saturated rings. The smallest absolute Gasteiger partial charge is 0.409 e. The average Bonchev–Trinajstić information content (AvgIpc) is 2.59. The Morgan fingerprint density at radius 1 is 1.21 bits per heavy atom. The van der Waals surface area contributed by atoms with E-state index in [1.165, 1.54) is 0 Å². The number of hydrogen-bond acceptors (Lipinski definition) is 4. The lowest BCUT2D eigenvalue weighted by Crippen LogP contribution is -2.38. The average molecular weight is 373 g/mol. The lowest BCUT2D eigenvalue weighted by molar-refractivity contribution is 0.106. The van der Waals surface area contributed by atoms with Crippen molar-refractivity contribution in [3.63, 3.8) is 0 Å². The summed E-state index contributed by atoms with van der Waals surface area (Å²) in [7, 11) is -2.95. The first-order chi connectivity index (χ1) is 11.0. The van der Waals surface area contributed by atoms with Crippen LogP contribution >= 0.6 is 0 Å². The van der Waals surface area contributed by atoms with E-state index in [0.717, 1.165) is 6.04 Å². The standard InChI is InChI=1S/C15H32N4O3Si2/c1-23(2,3)12-11-21-15(20)19-9-7-13(17-18-16)14(8-10-19)22-24(4,5)6/h13-14H,7-12H2,1-6H3/t13-,14-/m1/s1. The first-order valence-electron chi connectivity index (χ1n) is 8.65. The molecular weight excluding hydrogens is 340 g/mol. The molecule has 138 valence electrons. The highest BCUT2D eigenvalue weighted by atomic mass is 28.4. The molecule has 0 spiro atoms. The van der Waals surface area contributed by atoms with Crippen LogP contribution in [0.3, 0.4) is 0 Å². The van der Waals surface area contributed by atoms with Crippen LogP contribution < -0.4 is 0 Å². The molecule has 0 aromatic heterocycles. The van der Waals surface area contributed by atoms with Gasteiger partial charge in [0.1, 0.15) is 0 Å². The predicted molar refractivity (Wildman–Crippen MR) is 101 cm³/mol. The Kier molecular flexibility index (Phi) is 7.79. The predicted octanol–water partition coefficient (Wildman–Crippen LogP) is 4.46. The Balaban J connectivity index is 2.62. The third-order valence-corrected chi connectivity index (χ3v) is 6.56. The number of ether oxygens (including phenoxy) is 1. The van der Waals surface area contributed by atoms with Crippen molar-refractivity contribution in [1.82, 2.24) is 4.90 Å². The van der Waals surface area contributed by atoms with Crippen LogP contribution in [-0.2, 0) is 9.16 Å². The molecule has 9 heteroatoms. The van der Waals surface area contributed by atoms with Crippen LogP contribution in [0.4, 0.5) is 4.79 Å². The number of azide groups is 1. The van der Waals surface area contributed by atoms with Crippen LogP contribution in [0.25, 0.3) is 10.4 Å². The van der Waals surface area contributed by atoms with Crippen LogP contribution in [0.15, 0.2) is 5.11 Å². The maximum atomic E-state index is 12.3. The van der Waals surface area contributed by atoms with Gasteiger partial charge in [0.25, 0.3) is 0 Å². The van der Waals surface area contributed by atoms with Gasteiger partial charge >= 0.3 is 6.09 Å². The molecule has 1 aliphatic rings. The van der Waals surface area contributed by atoms with Crippen molar-refractivity contribution in [2.75, 3.05) is 19.7 Å². The van der Waals surface area contributed by atoms with Gasteiger partial charge in [-0.1, -0.05) is 24.8 Å². The number of likely N-dealkylation sites (tertiary alicyclic amines) is 1. The number of hydrogen-bond donors (Lipinski definition) is 0. The van der Waals surface area contributed by atoms with Crippen molar-refractivity contribution in [2.45, 2.75) is 70.3 Å². The fourth-order valence-electron chi connectivity index (χ4n) is 2.57. The summed E-state index contributed by atoms with van der Waals surface area (Å²) in [5, 5.41) is 3.90. The Hall–Kier alpha value is -1.03. The monoisotopic (exact) mass is 372 g/mol. The maximum absolute atomic E-state index is 12.3. The molecule has 0 radical (unpaired) electrons. The molecular formula is C15H32N4O3Si2. The van der Waals surface area contributed by atoms with E-state index in [-0.39, 0.29) is 18.2 Å². The quantitative estimate of drug-likeness (QED) is 0.298. The Labute approximate surface area is 147 Å². The number of rotatable bonds is 6. The molecule has 24 heavy (non-hydrogen) atoms. The van der Waals surface area contributed by atoms with Gasteiger partial charge < -0.3 is 14.1 Å². The molecule has 2 atom stereocenters. The van der Waals surface area contributed by atoms with Gasteiger partial charge in [-0.3, -0.25) is 0 Å². The maximum Gasteiger partial charge on any atom is 0.409 e. The lowest BCUT2D eigenvalue weighted by Gasteiger charge is -2.28. The van der Waals surface area contributed by atoms with Gasteiger partial charge in [-0.15, -0.1) is 0 Å². The minimum Gasteiger partial charge on any atom is -0.450 e. The van der Waals surface area contributed by atoms with E-state index >= 15 is 0 Å². The molecule has 0 aliphatic carbocycles. The van der Waals surface area contributed by atoms with Crippen LogP contribution in [0, 0.1) is 0 Å². The summed E-state index contributed by atoms with van der Waals surface area (Å²) in [4.78, 5) is 17.0. The summed E-state index contributed by atoms with van der Waals surface area (Å²) in [5.41, 5.74) is 8.81. The summed E-state index contributed by atoms with van der Waals surface area (Å²) >= 11 is 0. The third kappa shape index (κ3) is 8.18. The molecule has 1 amide bonds. The fourth-order valence-corrected chi connectivity index (χ4v) is 4.47. The van der Waals surface area contributed by atoms with Crippen molar-refractivity contribution in [3.05, 3.63) is 10.4 Å². The van der Waals surface area contributed by atoms with E-state index in [1.54, 1.807) is 4.90 Å². The summed E-state index contributed by atoms with van der Waals surface area (Å²) in [5.74, 6) is 0. The van der Waals surface area contributed by atoms with E-state index in [1.807, 2.05) is 0 Å². The fraction of sp³-hybridized carbons (Fsp3) is 0.933. The van der Waals surface area contributed by atoms with Crippen molar-refractivity contribution in [2.24, 2.45) is 5.11 Å². The van der Waals surface area contributed by atoms with Crippen LogP contribution in [0.5, 0.6) is 0 Å². The Morgan fingerprint density at radius 2 is 1.83 bits per heavy atom. The molecule has 1 heterocycles. The van der Waals surface area contributed by atoms with Gasteiger partial charge in [0.15, 0.2) is 8.32 Å². The zero-order valence-corrected chi connectivity index (χ0v) is 17.9. The molecule has 1 aliphatic heterocycles. The molecule has 0 bridgehead atoms. The summed E-state index contributed by atoms with van der Waals surface area (Å²) in [6.07, 6.45) is 0.910. The number of carbonyl (C=O) groups is 1. The highest BCUT2D eigenvalue weighted by molar-refractivity contribution is 6.76. The Bertz CT molecular complexity index is 470. The van der Waals surface area contributed by atoms with Gasteiger partial charge in [0.05, 0.1) is 18.8 Å². The molecule has 0 N–H and O–H groups in total. The molecule has 1 saturated heterocycles. The second-order valence-corrected chi connectivity index (χ2v) is 18.6. The normalized spacial score (nSPS) is 22.5. The summed E-state index contributed by atoms with van der Waals surface area (Å²) < 4.78 is 11.6. The van der Waals surface area contributed by atoms with Crippen molar-refractivity contribution in [3.8, 4) is 0 Å². The second-order valence-electron chi connectivity index (χ2n) is 8.53. The zero-order chi connectivity index (χ0) is 18.4. The number of carbonyl (C=O) groups excluding carboxylic acids is 1.